The summed E-state index contributed by atoms with van der Waals surface area (Å²) in [5.41, 5.74) is -0.0326. The second-order valence-electron chi connectivity index (χ2n) is 5.07. The van der Waals surface area contributed by atoms with Gasteiger partial charge in [0, 0.05) is 25.0 Å². The number of aromatic nitrogens is 1. The number of H-pyrrole nitrogens is 1. The number of hydrogen-bond donors (Lipinski definition) is 2. The maximum absolute atomic E-state index is 12.1. The van der Waals surface area contributed by atoms with Crippen LogP contribution in [0.4, 0.5) is 5.82 Å². The van der Waals surface area contributed by atoms with E-state index in [9.17, 15) is 4.79 Å². The number of benzene rings is 1. The average Bonchev–Trinajstić information content (AvgIpc) is 2.48. The highest BCUT2D eigenvalue weighted by atomic mass is 16.5. The first-order valence-electron chi connectivity index (χ1n) is 6.91. The summed E-state index contributed by atoms with van der Waals surface area (Å²) in [4.78, 5) is 17.3. The number of morpholine rings is 1. The van der Waals surface area contributed by atoms with Gasteiger partial charge < -0.3 is 19.9 Å². The fourth-order valence-electron chi connectivity index (χ4n) is 2.66. The first-order chi connectivity index (χ1) is 9.78. The fourth-order valence-corrected chi connectivity index (χ4v) is 2.66. The zero-order chi connectivity index (χ0) is 13.9. The lowest BCUT2D eigenvalue weighted by Gasteiger charge is -2.34. The third kappa shape index (κ3) is 2.55. The van der Waals surface area contributed by atoms with E-state index in [2.05, 4.69) is 15.2 Å². The molecule has 2 N–H and O–H groups in total. The van der Waals surface area contributed by atoms with E-state index >= 15 is 0 Å². The van der Waals surface area contributed by atoms with Crippen molar-refractivity contribution in [3.8, 4) is 0 Å². The minimum atomic E-state index is -0.0326. The number of nitrogens with zero attached hydrogens (tertiary/aromatic N) is 1. The molecule has 0 amide bonds. The standard InChI is InChI=1S/C15H19N3O2/c1-16-9-12-10-18(6-7-20-12)14-8-11-4-2-3-5-13(11)15(19)17-14/h2-5,8,12,16H,6-7,9-10H2,1H3,(H,17,19). The molecular formula is C15H19N3O2. The minimum absolute atomic E-state index is 0.0326. The molecule has 1 aromatic carbocycles. The lowest BCUT2D eigenvalue weighted by atomic mass is 10.1. The van der Waals surface area contributed by atoms with Gasteiger partial charge in [-0.1, -0.05) is 18.2 Å². The Morgan fingerprint density at radius 1 is 1.45 bits per heavy atom. The number of fused-ring (bicyclic) bond motifs is 1. The third-order valence-electron chi connectivity index (χ3n) is 3.65. The molecule has 1 aliphatic rings. The maximum atomic E-state index is 12.1. The molecule has 1 atom stereocenters. The molecule has 0 bridgehead atoms. The summed E-state index contributed by atoms with van der Waals surface area (Å²) in [6.07, 6.45) is 0.156. The maximum Gasteiger partial charge on any atom is 0.257 e. The Morgan fingerprint density at radius 2 is 2.30 bits per heavy atom. The molecule has 1 aliphatic heterocycles. The molecule has 1 unspecified atom stereocenters. The van der Waals surface area contributed by atoms with E-state index in [1.54, 1.807) is 0 Å². The van der Waals surface area contributed by atoms with E-state index in [1.165, 1.54) is 0 Å². The van der Waals surface area contributed by atoms with E-state index in [1.807, 2.05) is 37.4 Å². The zero-order valence-electron chi connectivity index (χ0n) is 11.6. The molecule has 2 aromatic rings. The van der Waals surface area contributed by atoms with Crippen molar-refractivity contribution >= 4 is 16.6 Å². The first kappa shape index (κ1) is 13.1. The van der Waals surface area contributed by atoms with Crippen molar-refractivity contribution in [1.82, 2.24) is 10.3 Å². The van der Waals surface area contributed by atoms with Crippen molar-refractivity contribution in [2.75, 3.05) is 38.2 Å². The molecule has 0 radical (unpaired) electrons. The Morgan fingerprint density at radius 3 is 3.15 bits per heavy atom. The van der Waals surface area contributed by atoms with Crippen LogP contribution in [0.2, 0.25) is 0 Å². The van der Waals surface area contributed by atoms with Gasteiger partial charge >= 0.3 is 0 Å². The van der Waals surface area contributed by atoms with Gasteiger partial charge in [0.15, 0.2) is 0 Å². The number of nitrogens with one attached hydrogen (secondary N) is 2. The van der Waals surface area contributed by atoms with Crippen molar-refractivity contribution in [2.24, 2.45) is 0 Å². The number of pyridine rings is 1. The summed E-state index contributed by atoms with van der Waals surface area (Å²) in [5.74, 6) is 0.873. The molecule has 3 rings (SSSR count). The van der Waals surface area contributed by atoms with Crippen LogP contribution in [0.15, 0.2) is 35.1 Å². The van der Waals surface area contributed by atoms with Crippen molar-refractivity contribution in [3.05, 3.63) is 40.7 Å². The zero-order valence-corrected chi connectivity index (χ0v) is 11.6. The molecule has 1 saturated heterocycles. The van der Waals surface area contributed by atoms with Crippen molar-refractivity contribution in [3.63, 3.8) is 0 Å². The highest BCUT2D eigenvalue weighted by Gasteiger charge is 2.21. The molecule has 1 fully saturated rings. The number of rotatable bonds is 3. The van der Waals surface area contributed by atoms with Gasteiger partial charge in [-0.3, -0.25) is 4.79 Å². The third-order valence-corrected chi connectivity index (χ3v) is 3.65. The summed E-state index contributed by atoms with van der Waals surface area (Å²) in [6.45, 7) is 3.08. The summed E-state index contributed by atoms with van der Waals surface area (Å²) in [7, 11) is 1.92. The molecule has 106 valence electrons. The summed E-state index contributed by atoms with van der Waals surface area (Å²) < 4.78 is 5.69. The van der Waals surface area contributed by atoms with Gasteiger partial charge in [0.1, 0.15) is 5.82 Å². The van der Waals surface area contributed by atoms with E-state index in [0.717, 1.165) is 36.2 Å². The molecule has 0 spiro atoms. The Balaban J connectivity index is 1.92. The molecule has 20 heavy (non-hydrogen) atoms. The SMILES string of the molecule is CNCC1CN(c2cc3ccccc3c(=O)[nH]2)CCO1. The van der Waals surface area contributed by atoms with E-state index < -0.39 is 0 Å². The number of aromatic amines is 1. The molecule has 5 heteroatoms. The van der Waals surface area contributed by atoms with Crippen LogP contribution in [-0.4, -0.2) is 44.4 Å². The number of anilines is 1. The molecule has 2 heterocycles. The lowest BCUT2D eigenvalue weighted by Crippen LogP contribution is -2.46. The van der Waals surface area contributed by atoms with Crippen LogP contribution in [0, 0.1) is 0 Å². The van der Waals surface area contributed by atoms with Crippen LogP contribution in [0.5, 0.6) is 0 Å². The molecule has 0 aliphatic carbocycles. The van der Waals surface area contributed by atoms with Gasteiger partial charge in [-0.05, 0) is 24.6 Å². The Labute approximate surface area is 117 Å². The predicted molar refractivity (Wildman–Crippen MR) is 80.4 cm³/mol. The van der Waals surface area contributed by atoms with E-state index in [4.69, 9.17) is 4.74 Å². The number of ether oxygens (including phenoxy) is 1. The summed E-state index contributed by atoms with van der Waals surface area (Å²) in [6, 6.07) is 9.70. The minimum Gasteiger partial charge on any atom is -0.373 e. The van der Waals surface area contributed by atoms with Gasteiger partial charge in [0.05, 0.1) is 12.7 Å². The van der Waals surface area contributed by atoms with Gasteiger partial charge in [0.25, 0.3) is 5.56 Å². The van der Waals surface area contributed by atoms with Gasteiger partial charge in [0.2, 0.25) is 0 Å². The van der Waals surface area contributed by atoms with Crippen LogP contribution < -0.4 is 15.8 Å². The van der Waals surface area contributed by atoms with Crippen LogP contribution in [-0.2, 0) is 4.74 Å². The summed E-state index contributed by atoms with van der Waals surface area (Å²) >= 11 is 0. The van der Waals surface area contributed by atoms with Gasteiger partial charge in [-0.25, -0.2) is 0 Å². The Hall–Kier alpha value is -1.85. The molecule has 1 aromatic heterocycles. The van der Waals surface area contributed by atoms with E-state index in [0.29, 0.717) is 6.61 Å². The Bertz CT molecular complexity index is 651. The topological polar surface area (TPSA) is 57.4 Å². The fraction of sp³-hybridized carbons (Fsp3) is 0.400. The van der Waals surface area contributed by atoms with Crippen molar-refractivity contribution < 1.29 is 4.74 Å². The molecular weight excluding hydrogens is 254 g/mol. The highest BCUT2D eigenvalue weighted by Crippen LogP contribution is 2.18. The number of likely N-dealkylation sites (N-methyl/N-ethyl adjacent to an activating group) is 1. The van der Waals surface area contributed by atoms with Crippen LogP contribution in [0.25, 0.3) is 10.8 Å². The van der Waals surface area contributed by atoms with Crippen LogP contribution in [0.3, 0.4) is 0 Å². The van der Waals surface area contributed by atoms with Gasteiger partial charge in [-0.15, -0.1) is 0 Å². The average molecular weight is 273 g/mol. The van der Waals surface area contributed by atoms with Gasteiger partial charge in [-0.2, -0.15) is 0 Å². The normalized spacial score (nSPS) is 19.4. The first-order valence-corrected chi connectivity index (χ1v) is 6.91. The molecule has 0 saturated carbocycles. The quantitative estimate of drug-likeness (QED) is 0.874. The van der Waals surface area contributed by atoms with E-state index in [-0.39, 0.29) is 11.7 Å². The highest BCUT2D eigenvalue weighted by molar-refractivity contribution is 5.83. The van der Waals surface area contributed by atoms with Crippen LogP contribution in [0.1, 0.15) is 0 Å². The summed E-state index contributed by atoms with van der Waals surface area (Å²) in [5, 5.41) is 4.83. The lowest BCUT2D eigenvalue weighted by molar-refractivity contribution is 0.0419. The largest absolute Gasteiger partial charge is 0.373 e. The second kappa shape index (κ2) is 5.64. The smallest absolute Gasteiger partial charge is 0.257 e. The van der Waals surface area contributed by atoms with Crippen LogP contribution >= 0.6 is 0 Å². The van der Waals surface area contributed by atoms with Crippen molar-refractivity contribution in [1.29, 1.82) is 0 Å². The monoisotopic (exact) mass is 273 g/mol. The molecule has 5 nitrogen and oxygen atoms in total. The second-order valence-corrected chi connectivity index (χ2v) is 5.07. The Kier molecular flexibility index (Phi) is 3.71. The van der Waals surface area contributed by atoms with Crippen molar-refractivity contribution in [2.45, 2.75) is 6.10 Å². The predicted octanol–water partition coefficient (Wildman–Crippen LogP) is 0.953. The number of hydrogen-bond acceptors (Lipinski definition) is 4.